The van der Waals surface area contributed by atoms with Crippen LogP contribution in [-0.2, 0) is 18.4 Å². The number of unbranched alkanes of at least 4 members (excludes halogenated alkanes) is 26. The van der Waals surface area contributed by atoms with Gasteiger partial charge in [0.05, 0.1) is 39.9 Å². The molecule has 0 aromatic heterocycles. The van der Waals surface area contributed by atoms with Gasteiger partial charge in [-0.2, -0.15) is 0 Å². The number of phosphoric acid groups is 1. The van der Waals surface area contributed by atoms with E-state index in [1.165, 1.54) is 135 Å². The maximum absolute atomic E-state index is 13.0. The minimum atomic E-state index is -4.59. The van der Waals surface area contributed by atoms with Crippen LogP contribution in [0, 0.1) is 0 Å². The normalized spacial score (nSPS) is 14.5. The summed E-state index contributed by atoms with van der Waals surface area (Å²) in [6.45, 7) is 4.60. The molecule has 0 aromatic carbocycles. The van der Waals surface area contributed by atoms with E-state index in [2.05, 4.69) is 104 Å². The SMILES string of the molecule is CC/C=C\C/C=C\C/C=C\C/C=C\C/C=C\C/C=C\C/C=C\CCCCCC(=O)NC(COP(=O)([O-])OCC[N+](C)(C)C)C(O)CCCCCCCCCCCCCCCCCCCCCCCCCC. The summed E-state index contributed by atoms with van der Waals surface area (Å²) in [5.74, 6) is -0.197. The number of nitrogens with one attached hydrogen (secondary N) is 1. The van der Waals surface area contributed by atoms with Crippen LogP contribution in [0.15, 0.2) is 85.1 Å². The van der Waals surface area contributed by atoms with Gasteiger partial charge in [0.25, 0.3) is 7.82 Å². The fourth-order valence-electron chi connectivity index (χ4n) is 8.32. The number of nitrogens with zero attached hydrogens (tertiary/aromatic N) is 1. The molecule has 0 rings (SSSR count). The van der Waals surface area contributed by atoms with Crippen molar-refractivity contribution in [1.82, 2.24) is 5.32 Å². The Balaban J connectivity index is 4.26. The molecule has 0 aliphatic heterocycles. The Bertz CT molecular complexity index is 1430. The predicted molar refractivity (Wildman–Crippen MR) is 307 cm³/mol. The third-order valence-corrected chi connectivity index (χ3v) is 13.9. The Kier molecular flexibility index (Phi) is 50.8. The highest BCUT2D eigenvalue weighted by Gasteiger charge is 2.24. The van der Waals surface area contributed by atoms with Crippen molar-refractivity contribution in [3.05, 3.63) is 85.1 Å². The van der Waals surface area contributed by atoms with Crippen molar-refractivity contribution in [3.8, 4) is 0 Å². The molecule has 0 spiro atoms. The lowest BCUT2D eigenvalue weighted by Gasteiger charge is -2.30. The molecule has 0 fully saturated rings. The van der Waals surface area contributed by atoms with Gasteiger partial charge < -0.3 is 28.8 Å². The third kappa shape index (κ3) is 55.3. The van der Waals surface area contributed by atoms with Gasteiger partial charge in [-0.25, -0.2) is 0 Å². The summed E-state index contributed by atoms with van der Waals surface area (Å²) >= 11 is 0. The minimum Gasteiger partial charge on any atom is -0.756 e. The molecule has 0 saturated carbocycles. The lowest BCUT2D eigenvalue weighted by molar-refractivity contribution is -0.870. The second kappa shape index (κ2) is 52.5. The zero-order valence-corrected chi connectivity index (χ0v) is 47.8. The van der Waals surface area contributed by atoms with Crippen molar-refractivity contribution in [1.29, 1.82) is 0 Å². The van der Waals surface area contributed by atoms with Crippen molar-refractivity contribution >= 4 is 13.7 Å². The first-order chi connectivity index (χ1) is 34.5. The molecule has 0 radical (unpaired) electrons. The van der Waals surface area contributed by atoms with Gasteiger partial charge in [0, 0.05) is 6.42 Å². The van der Waals surface area contributed by atoms with Gasteiger partial charge in [-0.1, -0.05) is 259 Å². The number of carbonyl (C=O) groups excluding carboxylic acids is 1. The standard InChI is InChI=1S/C62H113N2O6P/c1-6-8-10-12-14-16-18-20-22-24-26-28-30-32-34-36-38-40-42-44-46-48-50-52-54-56-62(66)63-60(59-70-71(67,68)69-58-57-64(3,4)5)61(65)55-53-51-49-47-45-43-41-39-37-35-33-31-29-27-25-23-21-19-17-15-13-11-9-7-2/h8,10,14,16,20,22,26,28,32,34,38,40,44,46,60-61,65H,6-7,9,11-13,15,17-19,21,23-25,27,29-31,33,35-37,39,41-43,45,47-59H2,1-5H3,(H-,63,66,67,68)/b10-8-,16-14-,22-20-,28-26-,34-32-,40-38-,46-44-. The molecule has 0 bridgehead atoms. The van der Waals surface area contributed by atoms with Gasteiger partial charge in [0.1, 0.15) is 13.2 Å². The van der Waals surface area contributed by atoms with Crippen molar-refractivity contribution in [2.45, 2.75) is 264 Å². The molecular weight excluding hydrogens is 900 g/mol. The van der Waals surface area contributed by atoms with E-state index in [0.29, 0.717) is 23.9 Å². The van der Waals surface area contributed by atoms with Crippen LogP contribution in [0.5, 0.6) is 0 Å². The number of hydrogen-bond donors (Lipinski definition) is 2. The molecule has 71 heavy (non-hydrogen) atoms. The van der Waals surface area contributed by atoms with Crippen LogP contribution in [0.4, 0.5) is 0 Å². The molecule has 3 unspecified atom stereocenters. The van der Waals surface area contributed by atoms with Crippen molar-refractivity contribution in [3.63, 3.8) is 0 Å². The molecule has 1 amide bonds. The Morgan fingerprint density at radius 3 is 1.24 bits per heavy atom. The Morgan fingerprint density at radius 2 is 0.859 bits per heavy atom. The summed E-state index contributed by atoms with van der Waals surface area (Å²) in [6, 6.07) is -0.826. The van der Waals surface area contributed by atoms with Gasteiger partial charge in [0.2, 0.25) is 5.91 Å². The molecule has 0 saturated heterocycles. The van der Waals surface area contributed by atoms with Crippen molar-refractivity contribution in [2.24, 2.45) is 0 Å². The highest BCUT2D eigenvalue weighted by Crippen LogP contribution is 2.38. The van der Waals surface area contributed by atoms with E-state index >= 15 is 0 Å². The summed E-state index contributed by atoms with van der Waals surface area (Å²) in [4.78, 5) is 25.5. The second-order valence-electron chi connectivity index (χ2n) is 21.0. The maximum Gasteiger partial charge on any atom is 0.268 e. The first-order valence-electron chi connectivity index (χ1n) is 29.4. The quantitative estimate of drug-likeness (QED) is 0.0272. The summed E-state index contributed by atoms with van der Waals surface area (Å²) < 4.78 is 23.4. The molecule has 0 heterocycles. The van der Waals surface area contributed by atoms with E-state index in [-0.39, 0.29) is 19.1 Å². The number of carbonyl (C=O) groups is 1. The van der Waals surface area contributed by atoms with Crippen LogP contribution in [0.1, 0.15) is 251 Å². The molecule has 2 N–H and O–H groups in total. The smallest absolute Gasteiger partial charge is 0.268 e. The Labute approximate surface area is 439 Å². The third-order valence-electron chi connectivity index (χ3n) is 12.9. The van der Waals surface area contributed by atoms with Crippen LogP contribution >= 0.6 is 7.82 Å². The van der Waals surface area contributed by atoms with E-state index in [1.54, 1.807) is 0 Å². The number of allylic oxidation sites excluding steroid dienone is 14. The average molecular weight is 1010 g/mol. The van der Waals surface area contributed by atoms with Gasteiger partial charge in [-0.3, -0.25) is 9.36 Å². The van der Waals surface area contributed by atoms with E-state index in [1.807, 2.05) is 21.1 Å². The first-order valence-corrected chi connectivity index (χ1v) is 30.9. The molecule has 0 aliphatic carbocycles. The average Bonchev–Trinajstić information content (AvgIpc) is 3.33. The van der Waals surface area contributed by atoms with Crippen molar-refractivity contribution < 1.29 is 32.9 Å². The number of likely N-dealkylation sites (N-methyl/N-ethyl adjacent to an activating group) is 1. The fraction of sp³-hybridized carbons (Fsp3) is 0.758. The molecule has 8 nitrogen and oxygen atoms in total. The number of rotatable bonds is 53. The van der Waals surface area contributed by atoms with E-state index in [0.717, 1.165) is 89.9 Å². The summed E-state index contributed by atoms with van der Waals surface area (Å²) in [5.41, 5.74) is 0. The van der Waals surface area contributed by atoms with Gasteiger partial charge >= 0.3 is 0 Å². The van der Waals surface area contributed by atoms with Crippen molar-refractivity contribution in [2.75, 3.05) is 40.9 Å². The summed E-state index contributed by atoms with van der Waals surface area (Å²) in [5, 5.41) is 14.0. The van der Waals surface area contributed by atoms with Gasteiger partial charge in [-0.05, 0) is 70.6 Å². The fourth-order valence-corrected chi connectivity index (χ4v) is 9.04. The number of quaternary nitrogens is 1. The maximum atomic E-state index is 13.0. The van der Waals surface area contributed by atoms with Crippen LogP contribution in [0.2, 0.25) is 0 Å². The number of hydrogen-bond acceptors (Lipinski definition) is 6. The summed E-state index contributed by atoms with van der Waals surface area (Å²) in [6.07, 6.45) is 73.3. The lowest BCUT2D eigenvalue weighted by Crippen LogP contribution is -2.46. The largest absolute Gasteiger partial charge is 0.756 e. The van der Waals surface area contributed by atoms with Crippen LogP contribution in [0.25, 0.3) is 0 Å². The van der Waals surface area contributed by atoms with Crippen LogP contribution in [-0.4, -0.2) is 68.5 Å². The van der Waals surface area contributed by atoms with Crippen LogP contribution < -0.4 is 10.2 Å². The zero-order chi connectivity index (χ0) is 52.0. The number of amides is 1. The van der Waals surface area contributed by atoms with Gasteiger partial charge in [-0.15, -0.1) is 0 Å². The Hall–Kier alpha value is -2.32. The van der Waals surface area contributed by atoms with E-state index in [4.69, 9.17) is 9.05 Å². The van der Waals surface area contributed by atoms with Gasteiger partial charge in [0.15, 0.2) is 0 Å². The predicted octanol–water partition coefficient (Wildman–Crippen LogP) is 17.4. The molecule has 3 atom stereocenters. The summed E-state index contributed by atoms with van der Waals surface area (Å²) in [7, 11) is 1.27. The highest BCUT2D eigenvalue weighted by molar-refractivity contribution is 7.45. The second-order valence-corrected chi connectivity index (χ2v) is 22.4. The molecule has 0 aromatic rings. The topological polar surface area (TPSA) is 108 Å². The first kappa shape index (κ1) is 68.7. The Morgan fingerprint density at radius 1 is 0.507 bits per heavy atom. The number of phosphoric ester groups is 1. The number of aliphatic hydroxyl groups excluding tert-OH is 1. The molecule has 412 valence electrons. The number of aliphatic hydroxyl groups is 1. The monoisotopic (exact) mass is 1010 g/mol. The molecular formula is C62H113N2O6P. The van der Waals surface area contributed by atoms with E-state index in [9.17, 15) is 19.4 Å². The van der Waals surface area contributed by atoms with E-state index < -0.39 is 20.0 Å². The van der Waals surface area contributed by atoms with Crippen LogP contribution in [0.3, 0.4) is 0 Å². The zero-order valence-electron chi connectivity index (χ0n) is 46.9. The lowest BCUT2D eigenvalue weighted by atomic mass is 10.0. The molecule has 0 aliphatic rings. The molecule has 9 heteroatoms. The minimum absolute atomic E-state index is 0.00108. The highest BCUT2D eigenvalue weighted by atomic mass is 31.2.